The molecule has 0 heterocycles. The highest BCUT2D eigenvalue weighted by atomic mass is 35.5. The van der Waals surface area contributed by atoms with Crippen molar-refractivity contribution in [3.8, 4) is 0 Å². The molecule has 1 fully saturated rings. The van der Waals surface area contributed by atoms with Crippen molar-refractivity contribution < 1.29 is 4.39 Å². The average Bonchev–Trinajstić information content (AvgIpc) is 2.32. The summed E-state index contributed by atoms with van der Waals surface area (Å²) in [6, 6.07) is 4.57. The molecule has 17 heavy (non-hydrogen) atoms. The molecule has 0 amide bonds. The standard InChI is InChI=1S/C13H18ClFN2/c14-9-3-6-12(15)11(7-9)13(17)8-1-4-10(16)5-2-8/h3,6-8,10,13H,1-2,4-5,16-17H2. The Morgan fingerprint density at radius 1 is 1.24 bits per heavy atom. The number of rotatable bonds is 2. The molecule has 1 aromatic rings. The molecule has 1 unspecified atom stereocenters. The van der Waals surface area contributed by atoms with Gasteiger partial charge in [0.2, 0.25) is 0 Å². The van der Waals surface area contributed by atoms with Crippen LogP contribution in [0, 0.1) is 11.7 Å². The lowest BCUT2D eigenvalue weighted by Gasteiger charge is -2.30. The average molecular weight is 257 g/mol. The van der Waals surface area contributed by atoms with Crippen molar-refractivity contribution in [2.24, 2.45) is 17.4 Å². The fourth-order valence-electron chi connectivity index (χ4n) is 2.53. The lowest BCUT2D eigenvalue weighted by Crippen LogP contribution is -2.32. The number of hydrogen-bond acceptors (Lipinski definition) is 2. The second-order valence-electron chi connectivity index (χ2n) is 4.87. The third kappa shape index (κ3) is 2.97. The van der Waals surface area contributed by atoms with Crippen LogP contribution in [0.5, 0.6) is 0 Å². The van der Waals surface area contributed by atoms with Crippen LogP contribution in [0.4, 0.5) is 4.39 Å². The van der Waals surface area contributed by atoms with Gasteiger partial charge in [0.1, 0.15) is 5.82 Å². The minimum absolute atomic E-state index is 0.267. The van der Waals surface area contributed by atoms with Crippen LogP contribution in [0.1, 0.15) is 37.3 Å². The van der Waals surface area contributed by atoms with Crippen LogP contribution < -0.4 is 11.5 Å². The summed E-state index contributed by atoms with van der Waals surface area (Å²) < 4.78 is 13.7. The van der Waals surface area contributed by atoms with E-state index in [1.807, 2.05) is 0 Å². The molecule has 2 nitrogen and oxygen atoms in total. The van der Waals surface area contributed by atoms with E-state index in [1.54, 1.807) is 12.1 Å². The van der Waals surface area contributed by atoms with Crippen molar-refractivity contribution in [3.05, 3.63) is 34.6 Å². The smallest absolute Gasteiger partial charge is 0.128 e. The van der Waals surface area contributed by atoms with E-state index in [1.165, 1.54) is 6.07 Å². The van der Waals surface area contributed by atoms with Crippen molar-refractivity contribution in [2.75, 3.05) is 0 Å². The molecule has 4 heteroatoms. The Morgan fingerprint density at radius 2 is 1.88 bits per heavy atom. The van der Waals surface area contributed by atoms with Gasteiger partial charge in [-0.25, -0.2) is 4.39 Å². The summed E-state index contributed by atoms with van der Waals surface area (Å²) in [5, 5.41) is 0.532. The molecular formula is C13H18ClFN2. The number of benzene rings is 1. The van der Waals surface area contributed by atoms with E-state index in [0.717, 1.165) is 25.7 Å². The van der Waals surface area contributed by atoms with Crippen molar-refractivity contribution >= 4 is 11.6 Å². The van der Waals surface area contributed by atoms with E-state index < -0.39 is 0 Å². The lowest BCUT2D eigenvalue weighted by atomic mass is 9.80. The molecule has 1 saturated carbocycles. The number of halogens is 2. The van der Waals surface area contributed by atoms with Gasteiger partial charge in [-0.3, -0.25) is 0 Å². The molecule has 1 aromatic carbocycles. The first kappa shape index (κ1) is 12.8. The molecule has 1 aliphatic rings. The molecule has 0 aromatic heterocycles. The minimum Gasteiger partial charge on any atom is -0.328 e. The monoisotopic (exact) mass is 256 g/mol. The van der Waals surface area contributed by atoms with Gasteiger partial charge in [0.15, 0.2) is 0 Å². The van der Waals surface area contributed by atoms with Crippen molar-refractivity contribution in [1.29, 1.82) is 0 Å². The Morgan fingerprint density at radius 3 is 2.53 bits per heavy atom. The van der Waals surface area contributed by atoms with Crippen LogP contribution in [0.2, 0.25) is 5.02 Å². The fraction of sp³-hybridized carbons (Fsp3) is 0.538. The summed E-state index contributed by atoms with van der Waals surface area (Å²) in [5.41, 5.74) is 12.5. The van der Waals surface area contributed by atoms with Crippen LogP contribution in [0.3, 0.4) is 0 Å². The van der Waals surface area contributed by atoms with Gasteiger partial charge in [-0.1, -0.05) is 11.6 Å². The predicted octanol–water partition coefficient (Wildman–Crippen LogP) is 3.00. The van der Waals surface area contributed by atoms with Gasteiger partial charge < -0.3 is 11.5 Å². The molecule has 0 aliphatic heterocycles. The van der Waals surface area contributed by atoms with Crippen molar-refractivity contribution in [2.45, 2.75) is 37.8 Å². The number of nitrogens with two attached hydrogens (primary N) is 2. The van der Waals surface area contributed by atoms with Crippen LogP contribution in [-0.4, -0.2) is 6.04 Å². The second-order valence-corrected chi connectivity index (χ2v) is 5.30. The summed E-state index contributed by atoms with van der Waals surface area (Å²) in [7, 11) is 0. The molecule has 1 aliphatic carbocycles. The Hall–Kier alpha value is -0.640. The van der Waals surface area contributed by atoms with Crippen molar-refractivity contribution in [3.63, 3.8) is 0 Å². The summed E-state index contributed by atoms with van der Waals surface area (Å²) in [6.07, 6.45) is 3.88. The zero-order chi connectivity index (χ0) is 12.4. The van der Waals surface area contributed by atoms with Crippen LogP contribution in [0.25, 0.3) is 0 Å². The Labute approximate surface area is 106 Å². The Balaban J connectivity index is 2.13. The molecule has 0 spiro atoms. The molecule has 0 bridgehead atoms. The van der Waals surface area contributed by atoms with Gasteiger partial charge in [-0.2, -0.15) is 0 Å². The normalized spacial score (nSPS) is 26.8. The third-order valence-electron chi connectivity index (χ3n) is 3.64. The van der Waals surface area contributed by atoms with Gasteiger partial charge in [-0.05, 0) is 49.8 Å². The van der Waals surface area contributed by atoms with E-state index in [9.17, 15) is 4.39 Å². The highest BCUT2D eigenvalue weighted by Gasteiger charge is 2.26. The van der Waals surface area contributed by atoms with Crippen LogP contribution in [-0.2, 0) is 0 Å². The Bertz CT molecular complexity index is 389. The predicted molar refractivity (Wildman–Crippen MR) is 68.3 cm³/mol. The quantitative estimate of drug-likeness (QED) is 0.855. The zero-order valence-corrected chi connectivity index (χ0v) is 10.5. The van der Waals surface area contributed by atoms with Gasteiger partial charge in [0.25, 0.3) is 0 Å². The van der Waals surface area contributed by atoms with E-state index in [2.05, 4.69) is 0 Å². The maximum absolute atomic E-state index is 13.7. The van der Waals surface area contributed by atoms with Crippen LogP contribution >= 0.6 is 11.6 Å². The SMILES string of the molecule is NC1CCC(C(N)c2cc(Cl)ccc2F)CC1. The lowest BCUT2D eigenvalue weighted by molar-refractivity contribution is 0.281. The van der Waals surface area contributed by atoms with Gasteiger partial charge in [0, 0.05) is 22.7 Å². The van der Waals surface area contributed by atoms with E-state index in [-0.39, 0.29) is 17.9 Å². The first-order chi connectivity index (χ1) is 8.08. The van der Waals surface area contributed by atoms with Crippen LogP contribution in [0.15, 0.2) is 18.2 Å². The highest BCUT2D eigenvalue weighted by molar-refractivity contribution is 6.30. The minimum atomic E-state index is -0.277. The maximum Gasteiger partial charge on any atom is 0.128 e. The van der Waals surface area contributed by atoms with E-state index in [0.29, 0.717) is 16.5 Å². The van der Waals surface area contributed by atoms with Gasteiger partial charge in [-0.15, -0.1) is 0 Å². The summed E-state index contributed by atoms with van der Waals surface area (Å²) in [5.74, 6) is 0.0412. The molecule has 0 saturated heterocycles. The molecular weight excluding hydrogens is 239 g/mol. The second kappa shape index (κ2) is 5.34. The molecule has 4 N–H and O–H groups in total. The van der Waals surface area contributed by atoms with Crippen molar-refractivity contribution in [1.82, 2.24) is 0 Å². The summed E-state index contributed by atoms with van der Waals surface area (Å²) >= 11 is 5.88. The first-order valence-electron chi connectivity index (χ1n) is 6.04. The Kier molecular flexibility index (Phi) is 4.02. The maximum atomic E-state index is 13.7. The molecule has 94 valence electrons. The molecule has 2 rings (SSSR count). The summed E-state index contributed by atoms with van der Waals surface area (Å²) in [4.78, 5) is 0. The third-order valence-corrected chi connectivity index (χ3v) is 3.88. The van der Waals surface area contributed by atoms with E-state index >= 15 is 0 Å². The molecule has 1 atom stereocenters. The zero-order valence-electron chi connectivity index (χ0n) is 9.70. The molecule has 0 radical (unpaired) electrons. The fourth-order valence-corrected chi connectivity index (χ4v) is 2.71. The van der Waals surface area contributed by atoms with E-state index in [4.69, 9.17) is 23.1 Å². The largest absolute Gasteiger partial charge is 0.328 e. The highest BCUT2D eigenvalue weighted by Crippen LogP contribution is 2.34. The van der Waals surface area contributed by atoms with Gasteiger partial charge >= 0.3 is 0 Å². The summed E-state index contributed by atoms with van der Waals surface area (Å²) in [6.45, 7) is 0. The number of hydrogen-bond donors (Lipinski definition) is 2. The van der Waals surface area contributed by atoms with Gasteiger partial charge in [0.05, 0.1) is 0 Å². The topological polar surface area (TPSA) is 52.0 Å². The first-order valence-corrected chi connectivity index (χ1v) is 6.42.